The smallest absolute Gasteiger partial charge is 0.321 e. The van der Waals surface area contributed by atoms with Crippen molar-refractivity contribution < 1.29 is 14.3 Å². The maximum Gasteiger partial charge on any atom is 0.321 e. The van der Waals surface area contributed by atoms with Crippen molar-refractivity contribution in [1.29, 1.82) is 0 Å². The molecule has 0 spiro atoms. The Kier molecular flexibility index (Phi) is 5.01. The van der Waals surface area contributed by atoms with E-state index in [1.54, 1.807) is 11.8 Å². The number of carbonyl (C=O) groups is 1. The Labute approximate surface area is 141 Å². The number of fused-ring (bicyclic) bond motifs is 1. The third kappa shape index (κ3) is 3.52. The lowest BCUT2D eigenvalue weighted by molar-refractivity contribution is 0.0766. The van der Waals surface area contributed by atoms with E-state index in [1.807, 2.05) is 18.2 Å². The molecule has 2 amide bonds. The minimum Gasteiger partial charge on any atom is -0.441 e. The first-order valence-electron chi connectivity index (χ1n) is 8.38. The van der Waals surface area contributed by atoms with Gasteiger partial charge in [0.1, 0.15) is 5.52 Å². The van der Waals surface area contributed by atoms with Crippen LogP contribution in [0.2, 0.25) is 0 Å². The van der Waals surface area contributed by atoms with Crippen molar-refractivity contribution in [2.24, 2.45) is 0 Å². The van der Waals surface area contributed by atoms with Gasteiger partial charge in [0.25, 0.3) is 0 Å². The molecular formula is C17H24N4O3. The maximum absolute atomic E-state index is 12.4. The Morgan fingerprint density at radius 2 is 2.12 bits per heavy atom. The molecule has 0 radical (unpaired) electrons. The topological polar surface area (TPSA) is 81.8 Å². The second kappa shape index (κ2) is 7.19. The molecule has 1 aliphatic heterocycles. The number of amides is 2. The van der Waals surface area contributed by atoms with Crippen molar-refractivity contribution in [2.45, 2.75) is 26.3 Å². The number of anilines is 1. The molecule has 0 saturated carbocycles. The number of piperazine rings is 1. The fourth-order valence-electron chi connectivity index (χ4n) is 3.12. The Hall–Kier alpha value is -2.12. The van der Waals surface area contributed by atoms with Gasteiger partial charge in [0, 0.05) is 44.8 Å². The predicted octanol–water partition coefficient (Wildman–Crippen LogP) is 2.06. The molecule has 1 unspecified atom stereocenters. The normalized spacial score (nSPS) is 17.2. The SMILES string of the molecule is CCC(CO)N1CCN(C(=O)Nc2ccc3oc(C)nc3c2)CC1. The predicted molar refractivity (Wildman–Crippen MR) is 92.1 cm³/mol. The summed E-state index contributed by atoms with van der Waals surface area (Å²) in [5.41, 5.74) is 2.17. The highest BCUT2D eigenvalue weighted by molar-refractivity contribution is 5.91. The van der Waals surface area contributed by atoms with Crippen molar-refractivity contribution in [2.75, 3.05) is 38.1 Å². The highest BCUT2D eigenvalue weighted by Crippen LogP contribution is 2.20. The van der Waals surface area contributed by atoms with Gasteiger partial charge in [0.2, 0.25) is 0 Å². The minimum atomic E-state index is -0.105. The van der Waals surface area contributed by atoms with E-state index in [0.29, 0.717) is 30.3 Å². The summed E-state index contributed by atoms with van der Waals surface area (Å²) in [6.07, 6.45) is 0.916. The molecule has 2 aromatic rings. The van der Waals surface area contributed by atoms with Crippen LogP contribution in [0.5, 0.6) is 0 Å². The Bertz CT molecular complexity index is 703. The van der Waals surface area contributed by atoms with Crippen LogP contribution in [0.4, 0.5) is 10.5 Å². The van der Waals surface area contributed by atoms with E-state index in [9.17, 15) is 9.90 Å². The summed E-state index contributed by atoms with van der Waals surface area (Å²) in [5, 5.41) is 12.3. The van der Waals surface area contributed by atoms with Crippen molar-refractivity contribution in [3.8, 4) is 0 Å². The largest absolute Gasteiger partial charge is 0.441 e. The van der Waals surface area contributed by atoms with E-state index in [0.717, 1.165) is 25.0 Å². The highest BCUT2D eigenvalue weighted by atomic mass is 16.3. The first-order valence-corrected chi connectivity index (χ1v) is 8.38. The van der Waals surface area contributed by atoms with E-state index in [-0.39, 0.29) is 18.7 Å². The fraction of sp³-hybridized carbons (Fsp3) is 0.529. The number of aliphatic hydroxyl groups excluding tert-OH is 1. The standard InChI is InChI=1S/C17H24N4O3/c1-3-14(11-22)20-6-8-21(9-7-20)17(23)19-13-4-5-16-15(10-13)18-12(2)24-16/h4-5,10,14,22H,3,6-9,11H2,1-2H3,(H,19,23). The molecule has 7 heteroatoms. The number of oxazole rings is 1. The molecule has 130 valence electrons. The average Bonchev–Trinajstić information content (AvgIpc) is 2.96. The van der Waals surface area contributed by atoms with Crippen LogP contribution < -0.4 is 5.32 Å². The summed E-state index contributed by atoms with van der Waals surface area (Å²) >= 11 is 0. The molecule has 1 saturated heterocycles. The highest BCUT2D eigenvalue weighted by Gasteiger charge is 2.25. The number of aryl methyl sites for hydroxylation is 1. The zero-order chi connectivity index (χ0) is 17.1. The summed E-state index contributed by atoms with van der Waals surface area (Å²) in [7, 11) is 0. The quantitative estimate of drug-likeness (QED) is 0.895. The molecular weight excluding hydrogens is 308 g/mol. The number of urea groups is 1. The van der Waals surface area contributed by atoms with Gasteiger partial charge in [-0.25, -0.2) is 9.78 Å². The molecule has 0 bridgehead atoms. The van der Waals surface area contributed by atoms with Gasteiger partial charge in [0.05, 0.1) is 6.61 Å². The van der Waals surface area contributed by atoms with Crippen molar-refractivity contribution in [1.82, 2.24) is 14.8 Å². The van der Waals surface area contributed by atoms with Crippen LogP contribution in [0.15, 0.2) is 22.6 Å². The zero-order valence-corrected chi connectivity index (χ0v) is 14.2. The lowest BCUT2D eigenvalue weighted by Gasteiger charge is -2.38. The van der Waals surface area contributed by atoms with Gasteiger partial charge >= 0.3 is 6.03 Å². The Morgan fingerprint density at radius 3 is 2.79 bits per heavy atom. The summed E-state index contributed by atoms with van der Waals surface area (Å²) in [6, 6.07) is 5.54. The van der Waals surface area contributed by atoms with E-state index < -0.39 is 0 Å². The second-order valence-electron chi connectivity index (χ2n) is 6.11. The van der Waals surface area contributed by atoms with Gasteiger partial charge in [-0.1, -0.05) is 6.92 Å². The van der Waals surface area contributed by atoms with Crippen molar-refractivity contribution in [3.63, 3.8) is 0 Å². The Morgan fingerprint density at radius 1 is 1.38 bits per heavy atom. The summed E-state index contributed by atoms with van der Waals surface area (Å²) in [4.78, 5) is 20.8. The molecule has 7 nitrogen and oxygen atoms in total. The Balaban J connectivity index is 1.58. The molecule has 2 heterocycles. The number of aromatic nitrogens is 1. The molecule has 0 aliphatic carbocycles. The summed E-state index contributed by atoms with van der Waals surface area (Å²) in [6.45, 7) is 6.93. The van der Waals surface area contributed by atoms with Gasteiger partial charge in [-0.2, -0.15) is 0 Å². The second-order valence-corrected chi connectivity index (χ2v) is 6.11. The van der Waals surface area contributed by atoms with Crippen LogP contribution in [0.25, 0.3) is 11.1 Å². The summed E-state index contributed by atoms with van der Waals surface area (Å²) in [5.74, 6) is 0.610. The molecule has 1 fully saturated rings. The maximum atomic E-state index is 12.4. The van der Waals surface area contributed by atoms with Crippen LogP contribution >= 0.6 is 0 Å². The minimum absolute atomic E-state index is 0.105. The third-order valence-corrected chi connectivity index (χ3v) is 4.55. The zero-order valence-electron chi connectivity index (χ0n) is 14.2. The van der Waals surface area contributed by atoms with Crippen molar-refractivity contribution >= 4 is 22.8 Å². The molecule has 2 N–H and O–H groups in total. The van der Waals surface area contributed by atoms with Crippen LogP contribution in [-0.4, -0.2) is 64.7 Å². The number of hydrogen-bond acceptors (Lipinski definition) is 5. The number of aliphatic hydroxyl groups is 1. The van der Waals surface area contributed by atoms with Crippen LogP contribution in [0, 0.1) is 6.92 Å². The molecule has 1 aromatic heterocycles. The van der Waals surface area contributed by atoms with Crippen LogP contribution in [0.3, 0.4) is 0 Å². The lowest BCUT2D eigenvalue weighted by atomic mass is 10.2. The monoisotopic (exact) mass is 332 g/mol. The van der Waals surface area contributed by atoms with E-state index in [1.165, 1.54) is 0 Å². The lowest BCUT2D eigenvalue weighted by Crippen LogP contribution is -2.53. The van der Waals surface area contributed by atoms with Gasteiger partial charge in [-0.3, -0.25) is 4.90 Å². The average molecular weight is 332 g/mol. The fourth-order valence-corrected chi connectivity index (χ4v) is 3.12. The van der Waals surface area contributed by atoms with Crippen LogP contribution in [-0.2, 0) is 0 Å². The van der Waals surface area contributed by atoms with Gasteiger partial charge in [0.15, 0.2) is 11.5 Å². The van der Waals surface area contributed by atoms with Crippen molar-refractivity contribution in [3.05, 3.63) is 24.1 Å². The van der Waals surface area contributed by atoms with E-state index >= 15 is 0 Å². The molecule has 1 atom stereocenters. The van der Waals surface area contributed by atoms with Gasteiger partial charge < -0.3 is 19.7 Å². The molecule has 24 heavy (non-hydrogen) atoms. The number of benzene rings is 1. The first kappa shape index (κ1) is 16.7. The van der Waals surface area contributed by atoms with E-state index in [2.05, 4.69) is 22.1 Å². The molecule has 1 aliphatic rings. The molecule has 3 rings (SSSR count). The van der Waals surface area contributed by atoms with Crippen LogP contribution in [0.1, 0.15) is 19.2 Å². The number of hydrogen-bond donors (Lipinski definition) is 2. The number of nitrogens with one attached hydrogen (secondary N) is 1. The molecule has 1 aromatic carbocycles. The first-order chi connectivity index (χ1) is 11.6. The number of rotatable bonds is 4. The summed E-state index contributed by atoms with van der Waals surface area (Å²) < 4.78 is 5.44. The number of nitrogens with zero attached hydrogens (tertiary/aromatic N) is 3. The third-order valence-electron chi connectivity index (χ3n) is 4.55. The van der Waals surface area contributed by atoms with E-state index in [4.69, 9.17) is 4.42 Å². The number of carbonyl (C=O) groups excluding carboxylic acids is 1. The van der Waals surface area contributed by atoms with Gasteiger partial charge in [-0.05, 0) is 24.6 Å². The van der Waals surface area contributed by atoms with Gasteiger partial charge in [-0.15, -0.1) is 0 Å².